The van der Waals surface area contributed by atoms with Crippen LogP contribution in [0.15, 0.2) is 33.5 Å². The van der Waals surface area contributed by atoms with Crippen LogP contribution >= 0.6 is 0 Å². The SMILES string of the molecule is COCC(C)NC(=O)C(C)n1c(=O)oc2ccccc21. The van der Waals surface area contributed by atoms with E-state index in [4.69, 9.17) is 9.15 Å². The molecule has 2 rings (SSSR count). The maximum atomic E-state index is 12.2. The summed E-state index contributed by atoms with van der Waals surface area (Å²) in [7, 11) is 1.57. The van der Waals surface area contributed by atoms with Gasteiger partial charge in [-0.2, -0.15) is 0 Å². The van der Waals surface area contributed by atoms with Gasteiger partial charge < -0.3 is 14.5 Å². The number of carbonyl (C=O) groups is 1. The molecule has 1 amide bonds. The van der Waals surface area contributed by atoms with Gasteiger partial charge in [0.25, 0.3) is 0 Å². The standard InChI is InChI=1S/C14H18N2O4/c1-9(8-19-3)15-13(17)10(2)16-11-6-4-5-7-12(11)20-14(16)18/h4-7,9-10H,8H2,1-3H3,(H,15,17). The van der Waals surface area contributed by atoms with Gasteiger partial charge in [-0.05, 0) is 26.0 Å². The molecular weight excluding hydrogens is 260 g/mol. The highest BCUT2D eigenvalue weighted by atomic mass is 16.5. The number of para-hydroxylation sites is 2. The Morgan fingerprint density at radius 2 is 2.10 bits per heavy atom. The Kier molecular flexibility index (Phi) is 4.24. The van der Waals surface area contributed by atoms with Crippen molar-refractivity contribution < 1.29 is 13.9 Å². The van der Waals surface area contributed by atoms with Gasteiger partial charge in [0.1, 0.15) is 6.04 Å². The summed E-state index contributed by atoms with van der Waals surface area (Å²) in [5, 5.41) is 2.80. The highest BCUT2D eigenvalue weighted by Crippen LogP contribution is 2.16. The van der Waals surface area contributed by atoms with E-state index in [1.54, 1.807) is 38.3 Å². The number of ether oxygens (including phenoxy) is 1. The number of oxazole rings is 1. The van der Waals surface area contributed by atoms with E-state index in [0.29, 0.717) is 17.7 Å². The molecule has 0 saturated carbocycles. The minimum absolute atomic E-state index is 0.121. The lowest BCUT2D eigenvalue weighted by Gasteiger charge is -2.17. The molecule has 2 aromatic rings. The molecule has 1 N–H and O–H groups in total. The molecule has 0 fully saturated rings. The molecule has 0 aliphatic carbocycles. The number of hydrogen-bond acceptors (Lipinski definition) is 4. The van der Waals surface area contributed by atoms with Gasteiger partial charge in [-0.15, -0.1) is 0 Å². The van der Waals surface area contributed by atoms with Gasteiger partial charge in [0.05, 0.1) is 12.1 Å². The number of nitrogens with zero attached hydrogens (tertiary/aromatic N) is 1. The van der Waals surface area contributed by atoms with Crippen LogP contribution in [-0.2, 0) is 9.53 Å². The number of rotatable bonds is 5. The molecule has 1 aromatic heterocycles. The predicted molar refractivity (Wildman–Crippen MR) is 74.7 cm³/mol. The summed E-state index contributed by atoms with van der Waals surface area (Å²) in [6, 6.07) is 6.26. The van der Waals surface area contributed by atoms with Crippen LogP contribution in [0.3, 0.4) is 0 Å². The Morgan fingerprint density at radius 3 is 2.80 bits per heavy atom. The zero-order valence-electron chi connectivity index (χ0n) is 11.8. The van der Waals surface area contributed by atoms with E-state index in [1.807, 2.05) is 6.92 Å². The van der Waals surface area contributed by atoms with Gasteiger partial charge >= 0.3 is 5.76 Å². The molecule has 6 heteroatoms. The van der Waals surface area contributed by atoms with Crippen LogP contribution in [0, 0.1) is 0 Å². The molecule has 0 saturated heterocycles. The predicted octanol–water partition coefficient (Wildman–Crippen LogP) is 1.31. The average molecular weight is 278 g/mol. The van der Waals surface area contributed by atoms with Crippen molar-refractivity contribution in [1.82, 2.24) is 9.88 Å². The highest BCUT2D eigenvalue weighted by molar-refractivity contribution is 5.83. The second kappa shape index (κ2) is 5.92. The van der Waals surface area contributed by atoms with Crippen LogP contribution in [0.2, 0.25) is 0 Å². The number of benzene rings is 1. The largest absolute Gasteiger partial charge is 0.420 e. The Bertz CT molecular complexity index is 658. The summed E-state index contributed by atoms with van der Waals surface area (Å²) in [6.45, 7) is 3.92. The van der Waals surface area contributed by atoms with Crippen LogP contribution in [0.25, 0.3) is 11.1 Å². The summed E-state index contributed by atoms with van der Waals surface area (Å²) in [5.74, 6) is -0.781. The molecular formula is C14H18N2O4. The monoisotopic (exact) mass is 278 g/mol. The van der Waals surface area contributed by atoms with E-state index in [-0.39, 0.29) is 11.9 Å². The summed E-state index contributed by atoms with van der Waals surface area (Å²) < 4.78 is 11.4. The number of nitrogens with one attached hydrogen (secondary N) is 1. The number of hydrogen-bond donors (Lipinski definition) is 1. The Labute approximate surface area is 116 Å². The van der Waals surface area contributed by atoms with Crippen molar-refractivity contribution in [3.63, 3.8) is 0 Å². The molecule has 1 heterocycles. The lowest BCUT2D eigenvalue weighted by molar-refractivity contribution is -0.124. The molecule has 0 aliphatic rings. The minimum Gasteiger partial charge on any atom is -0.408 e. The first-order valence-electron chi connectivity index (χ1n) is 6.44. The fourth-order valence-corrected chi connectivity index (χ4v) is 2.12. The third-order valence-electron chi connectivity index (χ3n) is 3.09. The third kappa shape index (κ3) is 2.75. The number of methoxy groups -OCH3 is 1. The van der Waals surface area contributed by atoms with Gasteiger partial charge in [0.2, 0.25) is 5.91 Å². The lowest BCUT2D eigenvalue weighted by atomic mass is 10.2. The van der Waals surface area contributed by atoms with Crippen LogP contribution in [-0.4, -0.2) is 30.2 Å². The Balaban J connectivity index is 2.27. The number of aromatic nitrogens is 1. The van der Waals surface area contributed by atoms with Crippen molar-refractivity contribution >= 4 is 17.0 Å². The molecule has 2 atom stereocenters. The topological polar surface area (TPSA) is 73.5 Å². The third-order valence-corrected chi connectivity index (χ3v) is 3.09. The fourth-order valence-electron chi connectivity index (χ4n) is 2.12. The van der Waals surface area contributed by atoms with E-state index in [1.165, 1.54) is 4.57 Å². The number of amides is 1. The van der Waals surface area contributed by atoms with Crippen molar-refractivity contribution in [2.45, 2.75) is 25.9 Å². The van der Waals surface area contributed by atoms with Gasteiger partial charge in [-0.25, -0.2) is 4.79 Å². The van der Waals surface area contributed by atoms with Crippen molar-refractivity contribution in [1.29, 1.82) is 0 Å². The lowest BCUT2D eigenvalue weighted by Crippen LogP contribution is -2.41. The average Bonchev–Trinajstić information content (AvgIpc) is 2.73. The van der Waals surface area contributed by atoms with Crippen LogP contribution in [0.4, 0.5) is 0 Å². The summed E-state index contributed by atoms with van der Waals surface area (Å²) >= 11 is 0. The van der Waals surface area contributed by atoms with Crippen molar-refractivity contribution in [3.8, 4) is 0 Å². The normalized spacial score (nSPS) is 14.2. The molecule has 1 aromatic carbocycles. The zero-order valence-corrected chi connectivity index (χ0v) is 11.8. The van der Waals surface area contributed by atoms with E-state index in [0.717, 1.165) is 0 Å². The second-order valence-electron chi connectivity index (χ2n) is 4.75. The van der Waals surface area contributed by atoms with Crippen molar-refractivity contribution in [3.05, 3.63) is 34.8 Å². The van der Waals surface area contributed by atoms with E-state index < -0.39 is 11.8 Å². The van der Waals surface area contributed by atoms with Gasteiger partial charge in [0, 0.05) is 13.2 Å². The maximum Gasteiger partial charge on any atom is 0.420 e. The highest BCUT2D eigenvalue weighted by Gasteiger charge is 2.22. The minimum atomic E-state index is -0.648. The molecule has 2 unspecified atom stereocenters. The maximum absolute atomic E-state index is 12.2. The second-order valence-corrected chi connectivity index (χ2v) is 4.75. The zero-order chi connectivity index (χ0) is 14.7. The van der Waals surface area contributed by atoms with E-state index >= 15 is 0 Å². The number of carbonyl (C=O) groups excluding carboxylic acids is 1. The molecule has 108 valence electrons. The molecule has 0 spiro atoms. The quantitative estimate of drug-likeness (QED) is 0.895. The van der Waals surface area contributed by atoms with E-state index in [9.17, 15) is 9.59 Å². The van der Waals surface area contributed by atoms with Gasteiger partial charge in [-0.3, -0.25) is 9.36 Å². The first-order valence-corrected chi connectivity index (χ1v) is 6.44. The van der Waals surface area contributed by atoms with Gasteiger partial charge in [0.15, 0.2) is 5.58 Å². The van der Waals surface area contributed by atoms with Crippen LogP contribution in [0.1, 0.15) is 19.9 Å². The molecule has 6 nitrogen and oxygen atoms in total. The smallest absolute Gasteiger partial charge is 0.408 e. The Morgan fingerprint density at radius 1 is 1.40 bits per heavy atom. The van der Waals surface area contributed by atoms with Crippen molar-refractivity contribution in [2.24, 2.45) is 0 Å². The number of fused-ring (bicyclic) bond motifs is 1. The molecule has 0 aliphatic heterocycles. The first kappa shape index (κ1) is 14.3. The molecule has 0 bridgehead atoms. The fraction of sp³-hybridized carbons (Fsp3) is 0.429. The molecule has 20 heavy (non-hydrogen) atoms. The Hall–Kier alpha value is -2.08. The van der Waals surface area contributed by atoms with Crippen LogP contribution < -0.4 is 11.1 Å². The first-order chi connectivity index (χ1) is 9.54. The van der Waals surface area contributed by atoms with Crippen molar-refractivity contribution in [2.75, 3.05) is 13.7 Å². The van der Waals surface area contributed by atoms with E-state index in [2.05, 4.69) is 5.32 Å². The summed E-state index contributed by atoms with van der Waals surface area (Å²) in [5.41, 5.74) is 1.08. The summed E-state index contributed by atoms with van der Waals surface area (Å²) in [6.07, 6.45) is 0. The molecule has 0 radical (unpaired) electrons. The van der Waals surface area contributed by atoms with Crippen LogP contribution in [0.5, 0.6) is 0 Å². The summed E-state index contributed by atoms with van der Waals surface area (Å²) in [4.78, 5) is 24.0. The van der Waals surface area contributed by atoms with Gasteiger partial charge in [-0.1, -0.05) is 12.1 Å².